The second-order valence-corrected chi connectivity index (χ2v) is 6.24. The Morgan fingerprint density at radius 3 is 2.60 bits per heavy atom. The largest absolute Gasteiger partial charge is 0.493 e. The number of hydrogen-bond acceptors (Lipinski definition) is 1. The summed E-state index contributed by atoms with van der Waals surface area (Å²) in [6.45, 7) is 3.03. The van der Waals surface area contributed by atoms with Crippen molar-refractivity contribution in [3.63, 3.8) is 0 Å². The molecule has 2 aromatic rings. The highest BCUT2D eigenvalue weighted by atomic mass is 79.9. The number of benzene rings is 2. The first-order valence-corrected chi connectivity index (χ1v) is 8.18. The molecule has 2 heteroatoms. The smallest absolute Gasteiger partial charge is 0.122 e. The van der Waals surface area contributed by atoms with E-state index in [-0.39, 0.29) is 4.83 Å². The van der Waals surface area contributed by atoms with Gasteiger partial charge in [0.05, 0.1) is 11.4 Å². The summed E-state index contributed by atoms with van der Waals surface area (Å²) in [7, 11) is 0. The van der Waals surface area contributed by atoms with E-state index in [0.717, 1.165) is 25.2 Å². The molecule has 0 radical (unpaired) electrons. The average molecular weight is 331 g/mol. The van der Waals surface area contributed by atoms with E-state index in [4.69, 9.17) is 4.74 Å². The maximum atomic E-state index is 5.57. The highest BCUT2D eigenvalue weighted by molar-refractivity contribution is 9.09. The van der Waals surface area contributed by atoms with Crippen molar-refractivity contribution in [2.24, 2.45) is 0 Å². The van der Waals surface area contributed by atoms with Gasteiger partial charge in [-0.1, -0.05) is 65.7 Å². The number of fused-ring (bicyclic) bond motifs is 1. The third kappa shape index (κ3) is 2.76. The highest BCUT2D eigenvalue weighted by Gasteiger charge is 2.16. The van der Waals surface area contributed by atoms with Crippen LogP contribution in [0.5, 0.6) is 5.75 Å². The van der Waals surface area contributed by atoms with Gasteiger partial charge in [0, 0.05) is 6.42 Å². The molecule has 0 aromatic heterocycles. The molecule has 0 saturated heterocycles. The first kappa shape index (κ1) is 13.7. The molecule has 1 nitrogen and oxygen atoms in total. The summed E-state index contributed by atoms with van der Waals surface area (Å²) in [4.78, 5) is 0.254. The van der Waals surface area contributed by atoms with Crippen molar-refractivity contribution in [2.75, 3.05) is 6.61 Å². The first-order valence-electron chi connectivity index (χ1n) is 7.26. The van der Waals surface area contributed by atoms with Gasteiger partial charge in [-0.15, -0.1) is 0 Å². The van der Waals surface area contributed by atoms with Crippen LogP contribution in [0.15, 0.2) is 42.5 Å². The van der Waals surface area contributed by atoms with E-state index in [1.54, 1.807) is 0 Å². The molecular weight excluding hydrogens is 312 g/mol. The molecule has 1 unspecified atom stereocenters. The fraction of sp³-hybridized carbons (Fsp3) is 0.333. The van der Waals surface area contributed by atoms with Crippen LogP contribution in [-0.2, 0) is 12.8 Å². The summed E-state index contributed by atoms with van der Waals surface area (Å²) >= 11 is 3.83. The summed E-state index contributed by atoms with van der Waals surface area (Å²) in [6, 6.07) is 15.5. The number of alkyl halides is 1. The summed E-state index contributed by atoms with van der Waals surface area (Å²) in [6.07, 6.45) is 3.38. The van der Waals surface area contributed by atoms with Gasteiger partial charge in [0.15, 0.2) is 0 Å². The van der Waals surface area contributed by atoms with E-state index in [1.807, 2.05) is 0 Å². The molecule has 0 saturated carbocycles. The fourth-order valence-corrected chi connectivity index (χ4v) is 3.29. The van der Waals surface area contributed by atoms with Crippen LogP contribution >= 0.6 is 15.9 Å². The third-order valence-corrected chi connectivity index (χ3v) is 4.87. The molecule has 0 N–H and O–H groups in total. The average Bonchev–Trinajstić information content (AvgIpc) is 2.95. The number of aryl methyl sites for hydroxylation is 1. The number of ether oxygens (including phenoxy) is 1. The monoisotopic (exact) mass is 330 g/mol. The molecule has 0 bridgehead atoms. The topological polar surface area (TPSA) is 9.23 Å². The Morgan fingerprint density at radius 2 is 1.85 bits per heavy atom. The minimum Gasteiger partial charge on any atom is -0.493 e. The first-order chi connectivity index (χ1) is 9.78. The van der Waals surface area contributed by atoms with Crippen molar-refractivity contribution in [3.05, 3.63) is 64.7 Å². The molecule has 20 heavy (non-hydrogen) atoms. The Bertz CT molecular complexity index is 589. The zero-order chi connectivity index (χ0) is 13.9. The van der Waals surface area contributed by atoms with E-state index in [1.165, 1.54) is 28.7 Å². The summed E-state index contributed by atoms with van der Waals surface area (Å²) in [5, 5.41) is 0. The molecule has 104 valence electrons. The van der Waals surface area contributed by atoms with Crippen LogP contribution in [0.1, 0.15) is 40.4 Å². The Morgan fingerprint density at radius 1 is 1.10 bits per heavy atom. The SMILES string of the molecule is CCCc1ccc(C(Br)c2ccc3c(c2)CCO3)cc1. The standard InChI is InChI=1S/C18H19BrO/c1-2-3-13-4-6-14(7-5-13)18(19)16-8-9-17-15(12-16)10-11-20-17/h4-9,12,18H,2-3,10-11H2,1H3. The van der Waals surface area contributed by atoms with Crippen LogP contribution < -0.4 is 4.74 Å². The molecule has 1 aliphatic rings. The number of halogens is 1. The third-order valence-electron chi connectivity index (χ3n) is 3.82. The van der Waals surface area contributed by atoms with Crippen LogP contribution in [0.3, 0.4) is 0 Å². The Labute approximate surface area is 129 Å². The zero-order valence-corrected chi connectivity index (χ0v) is 13.3. The quantitative estimate of drug-likeness (QED) is 0.712. The fourth-order valence-electron chi connectivity index (χ4n) is 2.70. The van der Waals surface area contributed by atoms with Crippen LogP contribution in [0.4, 0.5) is 0 Å². The molecule has 0 fully saturated rings. The van der Waals surface area contributed by atoms with E-state index >= 15 is 0 Å². The van der Waals surface area contributed by atoms with Crippen molar-refractivity contribution in [2.45, 2.75) is 31.0 Å². The van der Waals surface area contributed by atoms with Gasteiger partial charge in [0.25, 0.3) is 0 Å². The maximum Gasteiger partial charge on any atom is 0.122 e. The van der Waals surface area contributed by atoms with E-state index < -0.39 is 0 Å². The van der Waals surface area contributed by atoms with Crippen LogP contribution in [0.25, 0.3) is 0 Å². The number of rotatable bonds is 4. The van der Waals surface area contributed by atoms with Gasteiger partial charge in [-0.3, -0.25) is 0 Å². The maximum absolute atomic E-state index is 5.57. The summed E-state index contributed by atoms with van der Waals surface area (Å²) < 4.78 is 5.57. The Kier molecular flexibility index (Phi) is 4.11. The van der Waals surface area contributed by atoms with Gasteiger partial charge >= 0.3 is 0 Å². The van der Waals surface area contributed by atoms with Crippen molar-refractivity contribution in [3.8, 4) is 5.75 Å². The number of hydrogen-bond donors (Lipinski definition) is 0. The predicted molar refractivity (Wildman–Crippen MR) is 86.8 cm³/mol. The van der Waals surface area contributed by atoms with Crippen molar-refractivity contribution in [1.82, 2.24) is 0 Å². The second kappa shape index (κ2) is 6.01. The molecular formula is C18H19BrO. The van der Waals surface area contributed by atoms with Crippen molar-refractivity contribution < 1.29 is 4.74 Å². The van der Waals surface area contributed by atoms with Crippen molar-refractivity contribution in [1.29, 1.82) is 0 Å². The van der Waals surface area contributed by atoms with Crippen LogP contribution in [0.2, 0.25) is 0 Å². The minimum atomic E-state index is 0.254. The minimum absolute atomic E-state index is 0.254. The lowest BCUT2D eigenvalue weighted by atomic mass is 10.00. The lowest BCUT2D eigenvalue weighted by Crippen LogP contribution is -1.94. The summed E-state index contributed by atoms with van der Waals surface area (Å²) in [5.41, 5.74) is 5.36. The van der Waals surface area contributed by atoms with Gasteiger partial charge in [-0.05, 0) is 34.7 Å². The van der Waals surface area contributed by atoms with E-state index in [0.29, 0.717) is 0 Å². The van der Waals surface area contributed by atoms with Crippen LogP contribution in [0, 0.1) is 0 Å². The van der Waals surface area contributed by atoms with E-state index in [9.17, 15) is 0 Å². The Balaban J connectivity index is 1.82. The molecule has 1 aliphatic heterocycles. The summed E-state index contributed by atoms with van der Waals surface area (Å²) in [5.74, 6) is 1.05. The van der Waals surface area contributed by atoms with Gasteiger partial charge < -0.3 is 4.74 Å². The van der Waals surface area contributed by atoms with Crippen molar-refractivity contribution >= 4 is 15.9 Å². The molecule has 1 atom stereocenters. The van der Waals surface area contributed by atoms with Gasteiger partial charge in [0.2, 0.25) is 0 Å². The van der Waals surface area contributed by atoms with Crippen LogP contribution in [-0.4, -0.2) is 6.61 Å². The predicted octanol–water partition coefficient (Wildman–Crippen LogP) is 5.06. The zero-order valence-electron chi connectivity index (χ0n) is 11.7. The molecule has 0 spiro atoms. The second-order valence-electron chi connectivity index (χ2n) is 5.32. The van der Waals surface area contributed by atoms with E-state index in [2.05, 4.69) is 65.3 Å². The highest BCUT2D eigenvalue weighted by Crippen LogP contribution is 2.35. The normalized spacial score (nSPS) is 14.7. The van der Waals surface area contributed by atoms with Gasteiger partial charge in [-0.2, -0.15) is 0 Å². The van der Waals surface area contributed by atoms with Gasteiger partial charge in [-0.25, -0.2) is 0 Å². The lowest BCUT2D eigenvalue weighted by molar-refractivity contribution is 0.357. The molecule has 0 amide bonds. The molecule has 3 rings (SSSR count). The molecule has 1 heterocycles. The van der Waals surface area contributed by atoms with Gasteiger partial charge in [0.1, 0.15) is 5.75 Å². The lowest BCUT2D eigenvalue weighted by Gasteiger charge is -2.12. The molecule has 2 aromatic carbocycles. The Hall–Kier alpha value is -1.28. The molecule has 0 aliphatic carbocycles.